The summed E-state index contributed by atoms with van der Waals surface area (Å²) in [6.45, 7) is 0.331. The molecule has 3 rings (SSSR count). The third-order valence-electron chi connectivity index (χ3n) is 3.19. The molecule has 1 N–H and O–H groups in total. The van der Waals surface area contributed by atoms with Gasteiger partial charge in [-0.3, -0.25) is 9.31 Å². The minimum atomic E-state index is -1.20. The maximum atomic E-state index is 12.3. The van der Waals surface area contributed by atoms with Crippen molar-refractivity contribution in [3.8, 4) is 0 Å². The monoisotopic (exact) mass is 268 g/mol. The fourth-order valence-electron chi connectivity index (χ4n) is 2.28. The summed E-state index contributed by atoms with van der Waals surface area (Å²) in [4.78, 5) is 23.6. The fraction of sp³-hybridized carbons (Fsp3) is 0.0667. The van der Waals surface area contributed by atoms with E-state index in [9.17, 15) is 14.7 Å². The number of carbonyl (C=O) groups is 1. The van der Waals surface area contributed by atoms with E-state index in [4.69, 9.17) is 0 Å². The minimum absolute atomic E-state index is 0.193. The molecule has 1 aromatic carbocycles. The van der Waals surface area contributed by atoms with Crippen molar-refractivity contribution in [2.24, 2.45) is 0 Å². The van der Waals surface area contributed by atoms with Crippen LogP contribution in [0.1, 0.15) is 15.9 Å². The van der Waals surface area contributed by atoms with E-state index in [1.807, 2.05) is 30.3 Å². The number of rotatable bonds is 3. The Balaban J connectivity index is 2.23. The number of pyridine rings is 1. The van der Waals surface area contributed by atoms with Crippen molar-refractivity contribution in [2.45, 2.75) is 6.54 Å². The van der Waals surface area contributed by atoms with Crippen LogP contribution >= 0.6 is 0 Å². The number of aromatic carboxylic acids is 1. The average Bonchev–Trinajstić information content (AvgIpc) is 2.73. The summed E-state index contributed by atoms with van der Waals surface area (Å²) in [6, 6.07) is 14.6. The van der Waals surface area contributed by atoms with Crippen LogP contribution in [0.15, 0.2) is 59.5 Å². The van der Waals surface area contributed by atoms with Crippen LogP contribution in [0.5, 0.6) is 0 Å². The Morgan fingerprint density at radius 2 is 1.75 bits per heavy atom. The van der Waals surface area contributed by atoms with Gasteiger partial charge in [0.25, 0.3) is 5.56 Å². The first-order valence-electron chi connectivity index (χ1n) is 6.16. The van der Waals surface area contributed by atoms with Gasteiger partial charge in [-0.1, -0.05) is 36.4 Å². The van der Waals surface area contributed by atoms with Crippen LogP contribution in [0.2, 0.25) is 0 Å². The van der Waals surface area contributed by atoms with Crippen LogP contribution in [0.25, 0.3) is 5.52 Å². The second-order valence-corrected chi connectivity index (χ2v) is 4.46. The molecule has 0 saturated carbocycles. The standard InChI is InChI=1S/C15H12N2O3/c18-14-13(15(19)20)12-8-4-5-9-16(12)17(14)10-11-6-2-1-3-7-11/h1-9H,10H2,(H,19,20). The Morgan fingerprint density at radius 1 is 1.05 bits per heavy atom. The summed E-state index contributed by atoms with van der Waals surface area (Å²) < 4.78 is 3.01. The average molecular weight is 268 g/mol. The first-order chi connectivity index (χ1) is 9.68. The molecule has 0 amide bonds. The number of hydrogen-bond acceptors (Lipinski definition) is 2. The van der Waals surface area contributed by atoms with E-state index in [0.29, 0.717) is 12.1 Å². The Morgan fingerprint density at radius 3 is 2.45 bits per heavy atom. The first kappa shape index (κ1) is 12.2. The molecule has 0 aliphatic carbocycles. The normalized spacial score (nSPS) is 10.8. The van der Waals surface area contributed by atoms with Gasteiger partial charge >= 0.3 is 5.97 Å². The van der Waals surface area contributed by atoms with Crippen molar-refractivity contribution >= 4 is 11.5 Å². The summed E-state index contributed by atoms with van der Waals surface area (Å²) in [5.41, 5.74) is 0.657. The quantitative estimate of drug-likeness (QED) is 0.788. The van der Waals surface area contributed by atoms with Gasteiger partial charge in [0.15, 0.2) is 5.56 Å². The highest BCUT2D eigenvalue weighted by molar-refractivity contribution is 5.95. The molecule has 5 nitrogen and oxygen atoms in total. The van der Waals surface area contributed by atoms with E-state index < -0.39 is 11.5 Å². The van der Waals surface area contributed by atoms with Crippen LogP contribution in [0.3, 0.4) is 0 Å². The molecule has 0 aliphatic heterocycles. The minimum Gasteiger partial charge on any atom is -0.477 e. The summed E-state index contributed by atoms with van der Waals surface area (Å²) in [6.07, 6.45) is 1.69. The van der Waals surface area contributed by atoms with Gasteiger partial charge in [-0.05, 0) is 17.7 Å². The molecule has 0 unspecified atom stereocenters. The van der Waals surface area contributed by atoms with Crippen molar-refractivity contribution in [1.82, 2.24) is 9.20 Å². The number of benzene rings is 1. The Kier molecular flexibility index (Phi) is 2.87. The molecule has 0 aliphatic rings. The number of carboxylic acids is 1. The molecule has 0 radical (unpaired) electrons. The first-order valence-corrected chi connectivity index (χ1v) is 6.16. The maximum Gasteiger partial charge on any atom is 0.343 e. The van der Waals surface area contributed by atoms with Crippen molar-refractivity contribution in [3.63, 3.8) is 0 Å². The van der Waals surface area contributed by atoms with Crippen molar-refractivity contribution in [1.29, 1.82) is 0 Å². The smallest absolute Gasteiger partial charge is 0.343 e. The summed E-state index contributed by atoms with van der Waals surface area (Å²) in [7, 11) is 0. The predicted octanol–water partition coefficient (Wildman–Crippen LogP) is 1.85. The molecule has 0 atom stereocenters. The van der Waals surface area contributed by atoms with Gasteiger partial charge in [0.05, 0.1) is 12.1 Å². The lowest BCUT2D eigenvalue weighted by Gasteiger charge is -2.05. The van der Waals surface area contributed by atoms with Gasteiger partial charge in [-0.15, -0.1) is 0 Å². The lowest BCUT2D eigenvalue weighted by Crippen LogP contribution is -2.23. The second-order valence-electron chi connectivity index (χ2n) is 4.46. The molecule has 2 heterocycles. The molecular formula is C15H12N2O3. The van der Waals surface area contributed by atoms with Crippen LogP contribution < -0.4 is 5.56 Å². The topological polar surface area (TPSA) is 63.7 Å². The van der Waals surface area contributed by atoms with Gasteiger partial charge < -0.3 is 5.11 Å². The Labute approximate surface area is 114 Å². The van der Waals surface area contributed by atoms with Crippen LogP contribution in [0, 0.1) is 0 Å². The van der Waals surface area contributed by atoms with Gasteiger partial charge in [0.2, 0.25) is 0 Å². The van der Waals surface area contributed by atoms with E-state index in [0.717, 1.165) is 5.56 Å². The summed E-state index contributed by atoms with van der Waals surface area (Å²) in [5, 5.41) is 9.22. The van der Waals surface area contributed by atoms with E-state index in [1.54, 1.807) is 28.9 Å². The molecule has 2 aromatic heterocycles. The van der Waals surface area contributed by atoms with Crippen molar-refractivity contribution in [3.05, 3.63) is 76.2 Å². The van der Waals surface area contributed by atoms with Crippen molar-refractivity contribution in [2.75, 3.05) is 0 Å². The van der Waals surface area contributed by atoms with Crippen LogP contribution in [0.4, 0.5) is 0 Å². The lowest BCUT2D eigenvalue weighted by atomic mass is 10.2. The number of nitrogens with zero attached hydrogens (tertiary/aromatic N) is 2. The highest BCUT2D eigenvalue weighted by Crippen LogP contribution is 2.10. The van der Waals surface area contributed by atoms with E-state index >= 15 is 0 Å². The third kappa shape index (κ3) is 1.89. The largest absolute Gasteiger partial charge is 0.477 e. The van der Waals surface area contributed by atoms with Crippen LogP contribution in [-0.4, -0.2) is 20.3 Å². The molecule has 3 aromatic rings. The summed E-state index contributed by atoms with van der Waals surface area (Å²) in [5.74, 6) is -1.20. The fourth-order valence-corrected chi connectivity index (χ4v) is 2.28. The van der Waals surface area contributed by atoms with E-state index in [-0.39, 0.29) is 5.56 Å². The maximum absolute atomic E-state index is 12.3. The predicted molar refractivity (Wildman–Crippen MR) is 74.2 cm³/mol. The molecule has 0 bridgehead atoms. The molecule has 0 fully saturated rings. The van der Waals surface area contributed by atoms with Crippen molar-refractivity contribution < 1.29 is 9.90 Å². The number of aromatic nitrogens is 2. The third-order valence-corrected chi connectivity index (χ3v) is 3.19. The SMILES string of the molecule is O=C(O)c1c(=O)n(Cc2ccccc2)n2ccccc12. The second kappa shape index (κ2) is 4.70. The zero-order chi connectivity index (χ0) is 14.1. The molecule has 0 spiro atoms. The number of hydrogen-bond donors (Lipinski definition) is 1. The molecule has 100 valence electrons. The van der Waals surface area contributed by atoms with Gasteiger partial charge in [-0.2, -0.15) is 0 Å². The molecule has 5 heteroatoms. The number of fused-ring (bicyclic) bond motifs is 1. The molecular weight excluding hydrogens is 256 g/mol. The van der Waals surface area contributed by atoms with E-state index in [1.165, 1.54) is 4.68 Å². The molecule has 0 saturated heterocycles. The highest BCUT2D eigenvalue weighted by atomic mass is 16.4. The van der Waals surface area contributed by atoms with Gasteiger partial charge in [-0.25, -0.2) is 9.48 Å². The zero-order valence-electron chi connectivity index (χ0n) is 10.6. The Hall–Kier alpha value is -2.82. The van der Waals surface area contributed by atoms with Gasteiger partial charge in [0, 0.05) is 6.20 Å². The lowest BCUT2D eigenvalue weighted by molar-refractivity contribution is 0.0697. The summed E-state index contributed by atoms with van der Waals surface area (Å²) >= 11 is 0. The Bertz CT molecular complexity index is 831. The highest BCUT2D eigenvalue weighted by Gasteiger charge is 2.19. The van der Waals surface area contributed by atoms with Crippen LogP contribution in [-0.2, 0) is 6.54 Å². The van der Waals surface area contributed by atoms with E-state index in [2.05, 4.69) is 0 Å². The molecule has 20 heavy (non-hydrogen) atoms. The number of carboxylic acid groups (broad SMARTS) is 1. The van der Waals surface area contributed by atoms with Gasteiger partial charge in [0.1, 0.15) is 0 Å². The zero-order valence-corrected chi connectivity index (χ0v) is 10.6.